The van der Waals surface area contributed by atoms with Crippen molar-refractivity contribution < 1.29 is 17.9 Å². The number of rotatable bonds is 7. The number of anilines is 1. The summed E-state index contributed by atoms with van der Waals surface area (Å²) in [5.74, 6) is 2.06. The highest BCUT2D eigenvalue weighted by Gasteiger charge is 2.50. The number of nitrogens with one attached hydrogen (secondary N) is 1. The summed E-state index contributed by atoms with van der Waals surface area (Å²) in [6, 6.07) is 1.22. The van der Waals surface area contributed by atoms with Crippen molar-refractivity contribution in [2.75, 3.05) is 12.4 Å². The number of hydrogen-bond donors (Lipinski definition) is 1. The van der Waals surface area contributed by atoms with Crippen LogP contribution >= 0.6 is 0 Å². The maximum Gasteiger partial charge on any atom is 0.435 e. The number of nitrogens with zero attached hydrogens (tertiary/aromatic N) is 7. The van der Waals surface area contributed by atoms with Gasteiger partial charge in [0.05, 0.1) is 18.8 Å². The largest absolute Gasteiger partial charge is 0.480 e. The first-order valence-corrected chi connectivity index (χ1v) is 13.2. The molecule has 4 atom stereocenters. The third kappa shape index (κ3) is 4.37. The van der Waals surface area contributed by atoms with E-state index in [9.17, 15) is 13.2 Å². The minimum atomic E-state index is -4.43. The Morgan fingerprint density at radius 1 is 1.08 bits per heavy atom. The highest BCUT2D eigenvalue weighted by atomic mass is 19.4. The molecule has 1 N–H and O–H groups in total. The van der Waals surface area contributed by atoms with Gasteiger partial charge in [-0.2, -0.15) is 23.3 Å². The summed E-state index contributed by atoms with van der Waals surface area (Å²) in [6.45, 7) is 3.86. The Morgan fingerprint density at radius 2 is 1.84 bits per heavy atom. The fourth-order valence-electron chi connectivity index (χ4n) is 6.57. The minimum absolute atomic E-state index is 0.0101. The molecule has 6 rings (SSSR count). The van der Waals surface area contributed by atoms with Crippen LogP contribution in [-0.4, -0.2) is 47.9 Å². The molecule has 2 bridgehead atoms. The van der Waals surface area contributed by atoms with E-state index in [0.29, 0.717) is 34.8 Å². The average Bonchev–Trinajstić information content (AvgIpc) is 3.59. The lowest BCUT2D eigenvalue weighted by atomic mass is 9.69. The molecule has 0 aliphatic heterocycles. The van der Waals surface area contributed by atoms with Gasteiger partial charge < -0.3 is 10.1 Å². The van der Waals surface area contributed by atoms with Gasteiger partial charge in [-0.3, -0.25) is 4.68 Å². The predicted molar refractivity (Wildman–Crippen MR) is 132 cm³/mol. The lowest BCUT2D eigenvalue weighted by Crippen LogP contribution is -2.40. The van der Waals surface area contributed by atoms with Gasteiger partial charge in [-0.15, -0.1) is 0 Å². The number of aryl methyl sites for hydroxylation is 1. The van der Waals surface area contributed by atoms with E-state index in [4.69, 9.17) is 9.72 Å². The van der Waals surface area contributed by atoms with E-state index in [0.717, 1.165) is 56.7 Å². The third-order valence-corrected chi connectivity index (χ3v) is 8.75. The molecule has 0 radical (unpaired) electrons. The molecule has 3 aliphatic rings. The normalized spacial score (nSPS) is 25.8. The first-order chi connectivity index (χ1) is 18.2. The Balaban J connectivity index is 1.20. The molecule has 0 saturated heterocycles. The Morgan fingerprint density at radius 3 is 2.55 bits per heavy atom. The molecule has 3 saturated carbocycles. The van der Waals surface area contributed by atoms with Gasteiger partial charge in [0.25, 0.3) is 0 Å². The monoisotopic (exact) mass is 528 g/mol. The summed E-state index contributed by atoms with van der Waals surface area (Å²) < 4.78 is 46.8. The van der Waals surface area contributed by atoms with Crippen molar-refractivity contribution in [2.45, 2.75) is 83.0 Å². The SMILES string of the molecule is COc1ncnc(C2CC2)c1-c1ncnc(N[C@@H](C)C23CCC(C2)C(n2nc(C(F)(F)F)cc2C)CC3)n1. The summed E-state index contributed by atoms with van der Waals surface area (Å²) in [5, 5.41) is 7.48. The predicted octanol–water partition coefficient (Wildman–Crippen LogP) is 5.36. The average molecular weight is 529 g/mol. The first-order valence-electron chi connectivity index (χ1n) is 13.2. The van der Waals surface area contributed by atoms with E-state index in [1.165, 1.54) is 12.7 Å². The van der Waals surface area contributed by atoms with Crippen molar-refractivity contribution in [1.29, 1.82) is 0 Å². The second-order valence-electron chi connectivity index (χ2n) is 11.0. The lowest BCUT2D eigenvalue weighted by Gasteiger charge is -2.42. The van der Waals surface area contributed by atoms with Gasteiger partial charge in [0.15, 0.2) is 11.5 Å². The van der Waals surface area contributed by atoms with Crippen molar-refractivity contribution in [1.82, 2.24) is 34.7 Å². The molecule has 0 spiro atoms. The van der Waals surface area contributed by atoms with Crippen molar-refractivity contribution in [2.24, 2.45) is 11.3 Å². The van der Waals surface area contributed by atoms with Gasteiger partial charge in [-0.25, -0.2) is 19.9 Å². The molecule has 9 nitrogen and oxygen atoms in total. The van der Waals surface area contributed by atoms with Crippen LogP contribution in [0, 0.1) is 18.3 Å². The van der Waals surface area contributed by atoms with E-state index in [2.05, 4.69) is 37.3 Å². The molecule has 3 fully saturated rings. The van der Waals surface area contributed by atoms with Crippen LogP contribution in [0.3, 0.4) is 0 Å². The number of alkyl halides is 3. The molecule has 3 aromatic heterocycles. The molecular weight excluding hydrogens is 497 g/mol. The molecule has 0 aromatic carbocycles. The van der Waals surface area contributed by atoms with Crippen LogP contribution in [-0.2, 0) is 6.18 Å². The number of methoxy groups -OCH3 is 1. The van der Waals surface area contributed by atoms with E-state index >= 15 is 0 Å². The molecule has 38 heavy (non-hydrogen) atoms. The van der Waals surface area contributed by atoms with Crippen LogP contribution in [0.4, 0.5) is 19.1 Å². The van der Waals surface area contributed by atoms with Crippen molar-refractivity contribution in [3.8, 4) is 17.3 Å². The second-order valence-corrected chi connectivity index (χ2v) is 11.0. The lowest BCUT2D eigenvalue weighted by molar-refractivity contribution is -0.141. The summed E-state index contributed by atoms with van der Waals surface area (Å²) >= 11 is 0. The van der Waals surface area contributed by atoms with E-state index in [1.807, 2.05) is 0 Å². The minimum Gasteiger partial charge on any atom is -0.480 e. The molecular formula is C26H31F3N8O. The van der Waals surface area contributed by atoms with Gasteiger partial charge >= 0.3 is 6.18 Å². The smallest absolute Gasteiger partial charge is 0.435 e. The fourth-order valence-corrected chi connectivity index (χ4v) is 6.57. The molecule has 202 valence electrons. The van der Waals surface area contributed by atoms with Crippen LogP contribution in [0.2, 0.25) is 0 Å². The number of hydrogen-bond acceptors (Lipinski definition) is 8. The third-order valence-electron chi connectivity index (χ3n) is 8.75. The van der Waals surface area contributed by atoms with Crippen LogP contribution in [0.25, 0.3) is 11.4 Å². The molecule has 3 aliphatic carbocycles. The summed E-state index contributed by atoms with van der Waals surface area (Å²) in [6.07, 6.45) is 5.29. The Hall–Kier alpha value is -3.31. The zero-order valence-electron chi connectivity index (χ0n) is 21.7. The molecule has 3 heterocycles. The molecule has 12 heteroatoms. The van der Waals surface area contributed by atoms with Gasteiger partial charge in [0, 0.05) is 17.7 Å². The van der Waals surface area contributed by atoms with Crippen LogP contribution in [0.15, 0.2) is 18.7 Å². The van der Waals surface area contributed by atoms with Crippen molar-refractivity contribution in [3.63, 3.8) is 0 Å². The van der Waals surface area contributed by atoms with Crippen molar-refractivity contribution >= 4 is 5.95 Å². The highest BCUT2D eigenvalue weighted by molar-refractivity contribution is 5.66. The number of ether oxygens (including phenoxy) is 1. The van der Waals surface area contributed by atoms with E-state index in [-0.39, 0.29) is 23.4 Å². The Labute approximate surface area is 218 Å². The molecule has 3 unspecified atom stereocenters. The maximum atomic E-state index is 13.2. The first kappa shape index (κ1) is 25.0. The van der Waals surface area contributed by atoms with Crippen molar-refractivity contribution in [3.05, 3.63) is 35.8 Å². The zero-order chi connectivity index (χ0) is 26.7. The van der Waals surface area contributed by atoms with Gasteiger partial charge in [-0.1, -0.05) is 0 Å². The standard InChI is InChI=1S/C26H31F3N8O/c1-14-10-19(26(27,28)29)36-37(14)18-7-9-25(8-6-17(18)11-25)15(2)34-24-33-13-31-22(35-24)20-21(16-4-5-16)30-12-32-23(20)38-3/h10,12-13,15-18H,4-9,11H2,1-3H3,(H,31,33,34,35)/t15-,17?,18?,25?/m0/s1. The van der Waals surface area contributed by atoms with Gasteiger partial charge in [-0.05, 0) is 76.2 Å². The molecule has 3 aromatic rings. The summed E-state index contributed by atoms with van der Waals surface area (Å²) in [7, 11) is 1.58. The van der Waals surface area contributed by atoms with Crippen LogP contribution in [0.5, 0.6) is 5.88 Å². The van der Waals surface area contributed by atoms with Gasteiger partial charge in [0.1, 0.15) is 18.2 Å². The number of halogens is 3. The summed E-state index contributed by atoms with van der Waals surface area (Å²) in [4.78, 5) is 22.3. The Kier molecular flexibility index (Phi) is 6.03. The zero-order valence-corrected chi connectivity index (χ0v) is 21.7. The van der Waals surface area contributed by atoms with E-state index in [1.54, 1.807) is 18.7 Å². The summed E-state index contributed by atoms with van der Waals surface area (Å²) in [5.41, 5.74) is 1.39. The van der Waals surface area contributed by atoms with E-state index < -0.39 is 11.9 Å². The highest BCUT2D eigenvalue weighted by Crippen LogP contribution is 2.57. The second kappa shape index (κ2) is 9.16. The topological polar surface area (TPSA) is 104 Å². The number of aromatic nitrogens is 7. The number of fused-ring (bicyclic) bond motifs is 2. The van der Waals surface area contributed by atoms with Crippen LogP contribution < -0.4 is 10.1 Å². The van der Waals surface area contributed by atoms with Gasteiger partial charge in [0.2, 0.25) is 11.8 Å². The molecule has 0 amide bonds. The maximum absolute atomic E-state index is 13.2. The van der Waals surface area contributed by atoms with Crippen LogP contribution in [0.1, 0.15) is 80.9 Å². The quantitative estimate of drug-likeness (QED) is 0.437. The fraction of sp³-hybridized carbons (Fsp3) is 0.615. The Bertz CT molecular complexity index is 1340.